The molecule has 5 heteroatoms. The van der Waals surface area contributed by atoms with Crippen molar-refractivity contribution in [2.45, 2.75) is 5.41 Å². The lowest BCUT2D eigenvalue weighted by molar-refractivity contribution is 0.436. The number of fused-ring (bicyclic) bond motifs is 16. The predicted octanol–water partition coefficient (Wildman–Crippen LogP) is 14.9. The summed E-state index contributed by atoms with van der Waals surface area (Å²) >= 11 is 0. The fourth-order valence-electron chi connectivity index (χ4n) is 10.7. The third-order valence-corrected chi connectivity index (χ3v) is 13.2. The molecule has 12 aromatic rings. The van der Waals surface area contributed by atoms with Gasteiger partial charge in [-0.25, -0.2) is 9.97 Å². The first kappa shape index (κ1) is 33.5. The standard InChI is InChI=1S/C57H32N2O3/c1-4-24-42-37(16-1)51-34(18-13-27-45(51)57(42)43-25-5-9-30-48(43)60-49-31-10-6-26-44(49)57)36-20-11-22-40-52-39(21-14-32-50(52)62-54(36)40)53-38-17-2-7-28-46(38)58-56(59-53)41-23-12-19-35-33-15-3-8-29-47(33)61-55(35)41/h1-32H. The van der Waals surface area contributed by atoms with Crippen molar-refractivity contribution in [3.63, 3.8) is 0 Å². The molecule has 1 aliphatic heterocycles. The molecule has 0 atom stereocenters. The van der Waals surface area contributed by atoms with Crippen LogP contribution in [-0.4, -0.2) is 9.97 Å². The van der Waals surface area contributed by atoms with E-state index in [9.17, 15) is 0 Å². The minimum Gasteiger partial charge on any atom is -0.457 e. The highest BCUT2D eigenvalue weighted by molar-refractivity contribution is 6.18. The molecule has 4 heterocycles. The number of hydrogen-bond donors (Lipinski definition) is 0. The smallest absolute Gasteiger partial charge is 0.164 e. The zero-order valence-corrected chi connectivity index (χ0v) is 33.1. The van der Waals surface area contributed by atoms with E-state index in [1.54, 1.807) is 0 Å². The lowest BCUT2D eigenvalue weighted by Crippen LogP contribution is -2.32. The number of hydrogen-bond acceptors (Lipinski definition) is 5. The molecule has 0 amide bonds. The molecule has 0 fully saturated rings. The molecule has 14 rings (SSSR count). The Morgan fingerprint density at radius 1 is 0.355 bits per heavy atom. The van der Waals surface area contributed by atoms with Gasteiger partial charge in [-0.2, -0.15) is 0 Å². The van der Waals surface area contributed by atoms with Crippen LogP contribution in [0.1, 0.15) is 22.3 Å². The largest absolute Gasteiger partial charge is 0.457 e. The van der Waals surface area contributed by atoms with Crippen molar-refractivity contribution in [1.29, 1.82) is 0 Å². The number of furan rings is 2. The SMILES string of the molecule is c1ccc2c(c1)Oc1ccccc1C21c2ccccc2-c2c(-c3cccc4c3oc3cccc(-c5nc(-c6cccc7c6oc6ccccc67)nc6ccccc56)c34)cccc21. The van der Waals surface area contributed by atoms with Crippen LogP contribution in [0.4, 0.5) is 0 Å². The van der Waals surface area contributed by atoms with Crippen LogP contribution >= 0.6 is 0 Å². The molecule has 0 unspecified atom stereocenters. The van der Waals surface area contributed by atoms with E-state index in [1.165, 1.54) is 22.3 Å². The molecule has 0 bridgehead atoms. The molecule has 0 radical (unpaired) electrons. The number of benzene rings is 9. The second-order valence-corrected chi connectivity index (χ2v) is 16.3. The third kappa shape index (κ3) is 4.36. The van der Waals surface area contributed by atoms with Crippen LogP contribution in [0.25, 0.3) is 99.7 Å². The van der Waals surface area contributed by atoms with E-state index in [4.69, 9.17) is 23.5 Å². The van der Waals surface area contributed by atoms with Gasteiger partial charge in [0, 0.05) is 49.2 Å². The molecule has 0 saturated heterocycles. The summed E-state index contributed by atoms with van der Waals surface area (Å²) in [5.74, 6) is 2.36. The van der Waals surface area contributed by atoms with Gasteiger partial charge < -0.3 is 13.6 Å². The summed E-state index contributed by atoms with van der Waals surface area (Å²) in [4.78, 5) is 10.6. The molecule has 5 nitrogen and oxygen atoms in total. The topological polar surface area (TPSA) is 61.3 Å². The second-order valence-electron chi connectivity index (χ2n) is 16.3. The molecule has 1 aliphatic carbocycles. The molecule has 2 aliphatic rings. The first-order valence-electron chi connectivity index (χ1n) is 21.0. The average molecular weight is 793 g/mol. The Morgan fingerprint density at radius 3 is 1.76 bits per heavy atom. The van der Waals surface area contributed by atoms with Crippen molar-refractivity contribution in [3.05, 3.63) is 216 Å². The van der Waals surface area contributed by atoms with Gasteiger partial charge in [0.05, 0.1) is 22.2 Å². The molecule has 288 valence electrons. The lowest BCUT2D eigenvalue weighted by Gasteiger charge is -2.39. The normalized spacial score (nSPS) is 13.4. The Kier molecular flexibility index (Phi) is 6.70. The minimum absolute atomic E-state index is 0.569. The third-order valence-electron chi connectivity index (χ3n) is 13.2. The fraction of sp³-hybridized carbons (Fsp3) is 0.0175. The molecular weight excluding hydrogens is 761 g/mol. The van der Waals surface area contributed by atoms with Crippen molar-refractivity contribution in [2.75, 3.05) is 0 Å². The molecule has 62 heavy (non-hydrogen) atoms. The summed E-state index contributed by atoms with van der Waals surface area (Å²) in [6.45, 7) is 0. The summed E-state index contributed by atoms with van der Waals surface area (Å²) < 4.78 is 20.1. The van der Waals surface area contributed by atoms with E-state index in [0.29, 0.717) is 5.82 Å². The average Bonchev–Trinajstić information content (AvgIpc) is 4.00. The monoisotopic (exact) mass is 792 g/mol. The van der Waals surface area contributed by atoms with E-state index in [-0.39, 0.29) is 0 Å². The quantitative estimate of drug-likeness (QED) is 0.178. The fourth-order valence-corrected chi connectivity index (χ4v) is 10.7. The first-order valence-corrected chi connectivity index (χ1v) is 21.0. The van der Waals surface area contributed by atoms with Crippen LogP contribution < -0.4 is 4.74 Å². The number of para-hydroxylation sites is 6. The summed E-state index contributed by atoms with van der Waals surface area (Å²) in [7, 11) is 0. The second kappa shape index (κ2) is 12.4. The summed E-state index contributed by atoms with van der Waals surface area (Å²) in [5, 5.41) is 5.11. The molecular formula is C57H32N2O3. The van der Waals surface area contributed by atoms with Crippen LogP contribution in [0.15, 0.2) is 203 Å². The van der Waals surface area contributed by atoms with E-state index >= 15 is 0 Å². The van der Waals surface area contributed by atoms with Gasteiger partial charge in [0.2, 0.25) is 0 Å². The van der Waals surface area contributed by atoms with Gasteiger partial charge in [-0.15, -0.1) is 0 Å². The van der Waals surface area contributed by atoms with Crippen molar-refractivity contribution < 1.29 is 13.6 Å². The highest BCUT2D eigenvalue weighted by atomic mass is 16.5. The van der Waals surface area contributed by atoms with E-state index in [1.807, 2.05) is 24.3 Å². The molecule has 3 aromatic heterocycles. The van der Waals surface area contributed by atoms with Gasteiger partial charge in [-0.1, -0.05) is 158 Å². The van der Waals surface area contributed by atoms with Crippen molar-refractivity contribution >= 4 is 54.8 Å². The Labute approximate surface area is 355 Å². The summed E-state index contributed by atoms with van der Waals surface area (Å²) in [5.41, 5.74) is 15.5. The molecule has 9 aromatic carbocycles. The highest BCUT2D eigenvalue weighted by Crippen LogP contribution is 2.63. The first-order chi connectivity index (χ1) is 30.8. The molecule has 0 N–H and O–H groups in total. The van der Waals surface area contributed by atoms with Crippen LogP contribution in [0, 0.1) is 0 Å². The van der Waals surface area contributed by atoms with Crippen LogP contribution in [0.2, 0.25) is 0 Å². The van der Waals surface area contributed by atoms with E-state index in [2.05, 4.69) is 170 Å². The van der Waals surface area contributed by atoms with E-state index in [0.717, 1.165) is 105 Å². The molecule has 1 spiro atoms. The van der Waals surface area contributed by atoms with Gasteiger partial charge in [0.15, 0.2) is 5.82 Å². The Hall–Kier alpha value is -8.28. The van der Waals surface area contributed by atoms with Crippen molar-refractivity contribution in [1.82, 2.24) is 9.97 Å². The number of nitrogens with zero attached hydrogens (tertiary/aromatic N) is 2. The lowest BCUT2D eigenvalue weighted by atomic mass is 9.66. The zero-order chi connectivity index (χ0) is 40.5. The summed E-state index contributed by atoms with van der Waals surface area (Å²) in [6, 6.07) is 68.1. The van der Waals surface area contributed by atoms with Crippen molar-refractivity contribution in [3.8, 4) is 56.4 Å². The maximum absolute atomic E-state index is 7.04. The minimum atomic E-state index is -0.569. The van der Waals surface area contributed by atoms with Gasteiger partial charge in [0.25, 0.3) is 0 Å². The molecule has 0 saturated carbocycles. The van der Waals surface area contributed by atoms with E-state index < -0.39 is 5.41 Å². The highest BCUT2D eigenvalue weighted by Gasteiger charge is 2.51. The van der Waals surface area contributed by atoms with Crippen LogP contribution in [0.3, 0.4) is 0 Å². The Bertz CT molecular complexity index is 3830. The maximum atomic E-state index is 7.04. The predicted molar refractivity (Wildman–Crippen MR) is 248 cm³/mol. The summed E-state index contributed by atoms with van der Waals surface area (Å²) in [6.07, 6.45) is 0. The van der Waals surface area contributed by atoms with Gasteiger partial charge >= 0.3 is 0 Å². The maximum Gasteiger partial charge on any atom is 0.164 e. The van der Waals surface area contributed by atoms with Gasteiger partial charge in [-0.3, -0.25) is 0 Å². The number of ether oxygens (including phenoxy) is 1. The van der Waals surface area contributed by atoms with Gasteiger partial charge in [0.1, 0.15) is 33.8 Å². The number of rotatable bonds is 3. The number of aromatic nitrogens is 2. The van der Waals surface area contributed by atoms with Crippen LogP contribution in [0.5, 0.6) is 11.5 Å². The Balaban J connectivity index is 1.01. The Morgan fingerprint density at radius 2 is 0.903 bits per heavy atom. The van der Waals surface area contributed by atoms with Crippen LogP contribution in [-0.2, 0) is 5.41 Å². The van der Waals surface area contributed by atoms with Crippen molar-refractivity contribution in [2.24, 2.45) is 0 Å². The van der Waals surface area contributed by atoms with Gasteiger partial charge in [-0.05, 0) is 64.2 Å². The zero-order valence-electron chi connectivity index (χ0n) is 33.1.